The van der Waals surface area contributed by atoms with Crippen LogP contribution in [0, 0.1) is 17.8 Å². The molecule has 152 valence electrons. The van der Waals surface area contributed by atoms with Crippen molar-refractivity contribution >= 4 is 11.8 Å². The number of hydrogen-bond acceptors (Lipinski definition) is 3. The number of likely N-dealkylation sites (tertiary alicyclic amines) is 1. The van der Waals surface area contributed by atoms with E-state index in [0.717, 1.165) is 12.1 Å². The average Bonchev–Trinajstić information content (AvgIpc) is 3.25. The molecule has 1 aliphatic heterocycles. The minimum Gasteiger partial charge on any atom is -0.459 e. The van der Waals surface area contributed by atoms with Gasteiger partial charge in [-0.05, 0) is 43.2 Å². The molecular weight excluding hydrogens is 385 g/mol. The van der Waals surface area contributed by atoms with Crippen molar-refractivity contribution in [3.8, 4) is 11.8 Å². The molecule has 1 N–H and O–H groups in total. The first kappa shape index (κ1) is 20.5. The highest BCUT2D eigenvalue weighted by atomic mass is 19.4. The molecule has 2 heterocycles. The highest BCUT2D eigenvalue weighted by molar-refractivity contribution is 5.91. The number of carbonyl (C=O) groups is 2. The molecule has 2 aromatic rings. The monoisotopic (exact) mass is 404 g/mol. The Hall–Kier alpha value is -3.21. The summed E-state index contributed by atoms with van der Waals surface area (Å²) in [6.07, 6.45) is -1.92. The van der Waals surface area contributed by atoms with Crippen molar-refractivity contribution in [2.75, 3.05) is 19.6 Å². The van der Waals surface area contributed by atoms with Gasteiger partial charge in [0.05, 0.1) is 18.4 Å². The number of carbonyl (C=O) groups excluding carboxylic acids is 2. The third-order valence-electron chi connectivity index (χ3n) is 4.66. The molecule has 29 heavy (non-hydrogen) atoms. The van der Waals surface area contributed by atoms with E-state index in [4.69, 9.17) is 4.42 Å². The number of alkyl halides is 3. The summed E-state index contributed by atoms with van der Waals surface area (Å²) < 4.78 is 43.2. The molecule has 1 aliphatic rings. The molecule has 5 nitrogen and oxygen atoms in total. The van der Waals surface area contributed by atoms with Gasteiger partial charge in [0, 0.05) is 24.6 Å². The zero-order valence-electron chi connectivity index (χ0n) is 15.5. The highest BCUT2D eigenvalue weighted by Crippen LogP contribution is 2.29. The molecule has 1 saturated heterocycles. The van der Waals surface area contributed by atoms with E-state index >= 15 is 0 Å². The van der Waals surface area contributed by atoms with E-state index in [1.54, 1.807) is 17.0 Å². The number of benzene rings is 1. The normalized spacial score (nSPS) is 14.8. The van der Waals surface area contributed by atoms with Crippen molar-refractivity contribution in [1.82, 2.24) is 10.2 Å². The Morgan fingerprint density at radius 1 is 1.17 bits per heavy atom. The van der Waals surface area contributed by atoms with Crippen LogP contribution in [0.4, 0.5) is 13.2 Å². The zero-order valence-corrected chi connectivity index (χ0v) is 15.5. The molecule has 0 saturated carbocycles. The molecular formula is C21H19F3N2O3. The molecule has 0 aliphatic carbocycles. The fraction of sp³-hybridized carbons (Fsp3) is 0.333. The number of nitrogens with one attached hydrogen (secondary N) is 1. The number of amides is 2. The lowest BCUT2D eigenvalue weighted by Gasteiger charge is -2.30. The first-order valence-electron chi connectivity index (χ1n) is 9.11. The van der Waals surface area contributed by atoms with Crippen molar-refractivity contribution < 1.29 is 27.2 Å². The highest BCUT2D eigenvalue weighted by Gasteiger charge is 2.30. The third kappa shape index (κ3) is 5.41. The van der Waals surface area contributed by atoms with E-state index in [0.29, 0.717) is 25.9 Å². The number of rotatable bonds is 3. The van der Waals surface area contributed by atoms with E-state index in [1.165, 1.54) is 18.4 Å². The second-order valence-electron chi connectivity index (χ2n) is 6.64. The standard InChI is InChI=1S/C21H19F3N2O3/c22-21(23,24)17-6-1-4-15(14-17)5-2-10-25-19(27)16-8-11-26(12-9-16)20(28)18-7-3-13-29-18/h1,3-4,6-7,13-14,16H,8-12H2,(H,25,27). The molecule has 0 bridgehead atoms. The lowest BCUT2D eigenvalue weighted by Crippen LogP contribution is -2.43. The number of nitrogens with zero attached hydrogens (tertiary/aromatic N) is 1. The molecule has 0 unspecified atom stereocenters. The predicted molar refractivity (Wildman–Crippen MR) is 98.7 cm³/mol. The Morgan fingerprint density at radius 2 is 1.93 bits per heavy atom. The maximum Gasteiger partial charge on any atom is 0.416 e. The van der Waals surface area contributed by atoms with Gasteiger partial charge in [0.2, 0.25) is 5.91 Å². The lowest BCUT2D eigenvalue weighted by atomic mass is 9.95. The lowest BCUT2D eigenvalue weighted by molar-refractivity contribution is -0.137. The van der Waals surface area contributed by atoms with Crippen LogP contribution in [-0.2, 0) is 11.0 Å². The minimum atomic E-state index is -4.42. The van der Waals surface area contributed by atoms with E-state index in [-0.39, 0.29) is 35.6 Å². The van der Waals surface area contributed by atoms with Gasteiger partial charge >= 0.3 is 6.18 Å². The Morgan fingerprint density at radius 3 is 2.59 bits per heavy atom. The van der Waals surface area contributed by atoms with E-state index in [2.05, 4.69) is 17.2 Å². The van der Waals surface area contributed by atoms with Crippen LogP contribution in [0.3, 0.4) is 0 Å². The van der Waals surface area contributed by atoms with E-state index in [1.807, 2.05) is 0 Å². The van der Waals surface area contributed by atoms with Gasteiger partial charge in [0.1, 0.15) is 0 Å². The first-order valence-corrected chi connectivity index (χ1v) is 9.11. The van der Waals surface area contributed by atoms with E-state index in [9.17, 15) is 22.8 Å². The van der Waals surface area contributed by atoms with Crippen LogP contribution in [0.15, 0.2) is 47.1 Å². The van der Waals surface area contributed by atoms with Crippen LogP contribution in [0.1, 0.15) is 34.5 Å². The number of halogens is 3. The summed E-state index contributed by atoms with van der Waals surface area (Å²) in [4.78, 5) is 26.1. The van der Waals surface area contributed by atoms with Crippen molar-refractivity contribution in [2.45, 2.75) is 19.0 Å². The van der Waals surface area contributed by atoms with Crippen LogP contribution in [0.25, 0.3) is 0 Å². The van der Waals surface area contributed by atoms with Gasteiger partial charge in [0.15, 0.2) is 5.76 Å². The minimum absolute atomic E-state index is 0.0423. The van der Waals surface area contributed by atoms with Gasteiger partial charge in [-0.25, -0.2) is 0 Å². The Balaban J connectivity index is 1.46. The Bertz CT molecular complexity index is 919. The number of furan rings is 1. The summed E-state index contributed by atoms with van der Waals surface area (Å²) in [6.45, 7) is 0.946. The maximum atomic E-state index is 12.7. The second kappa shape index (κ2) is 8.86. The van der Waals surface area contributed by atoms with Gasteiger partial charge in [-0.2, -0.15) is 13.2 Å². The number of piperidine rings is 1. The van der Waals surface area contributed by atoms with Crippen molar-refractivity contribution in [3.63, 3.8) is 0 Å². The molecule has 0 spiro atoms. The average molecular weight is 404 g/mol. The van der Waals surface area contributed by atoms with Crippen LogP contribution < -0.4 is 5.32 Å². The SMILES string of the molecule is O=C(NCC#Cc1cccc(C(F)(F)F)c1)C1CCN(C(=O)c2ccco2)CC1. The van der Waals surface area contributed by atoms with Gasteiger partial charge in [-0.1, -0.05) is 17.9 Å². The summed E-state index contributed by atoms with van der Waals surface area (Å²) in [7, 11) is 0. The fourth-order valence-corrected chi connectivity index (χ4v) is 3.10. The fourth-order valence-electron chi connectivity index (χ4n) is 3.10. The molecule has 0 radical (unpaired) electrons. The van der Waals surface area contributed by atoms with Gasteiger partial charge in [-0.3, -0.25) is 9.59 Å². The summed E-state index contributed by atoms with van der Waals surface area (Å²) in [5.41, 5.74) is -0.525. The predicted octanol–water partition coefficient (Wildman–Crippen LogP) is 3.32. The Kier molecular flexibility index (Phi) is 6.27. The molecule has 1 aromatic heterocycles. The van der Waals surface area contributed by atoms with E-state index < -0.39 is 11.7 Å². The molecule has 8 heteroatoms. The summed E-state index contributed by atoms with van der Waals surface area (Å²) in [5, 5.41) is 2.68. The zero-order chi connectivity index (χ0) is 20.9. The summed E-state index contributed by atoms with van der Waals surface area (Å²) in [5.74, 6) is 4.97. The maximum absolute atomic E-state index is 12.7. The number of hydrogen-bond donors (Lipinski definition) is 1. The van der Waals surface area contributed by atoms with Crippen LogP contribution in [0.5, 0.6) is 0 Å². The van der Waals surface area contributed by atoms with Crippen LogP contribution >= 0.6 is 0 Å². The molecule has 0 atom stereocenters. The third-order valence-corrected chi connectivity index (χ3v) is 4.66. The smallest absolute Gasteiger partial charge is 0.416 e. The second-order valence-corrected chi connectivity index (χ2v) is 6.64. The molecule has 1 fully saturated rings. The molecule has 1 aromatic carbocycles. The molecule has 3 rings (SSSR count). The topological polar surface area (TPSA) is 62.6 Å². The molecule has 2 amide bonds. The van der Waals surface area contributed by atoms with Gasteiger partial charge in [-0.15, -0.1) is 0 Å². The van der Waals surface area contributed by atoms with Gasteiger partial charge < -0.3 is 14.6 Å². The largest absolute Gasteiger partial charge is 0.459 e. The van der Waals surface area contributed by atoms with Crippen molar-refractivity contribution in [2.24, 2.45) is 5.92 Å². The van der Waals surface area contributed by atoms with Crippen molar-refractivity contribution in [1.29, 1.82) is 0 Å². The first-order chi connectivity index (χ1) is 13.8. The van der Waals surface area contributed by atoms with Crippen LogP contribution in [0.2, 0.25) is 0 Å². The quantitative estimate of drug-likeness (QED) is 0.799. The van der Waals surface area contributed by atoms with Gasteiger partial charge in [0.25, 0.3) is 5.91 Å². The summed E-state index contributed by atoms with van der Waals surface area (Å²) in [6, 6.07) is 7.98. The summed E-state index contributed by atoms with van der Waals surface area (Å²) >= 11 is 0. The van der Waals surface area contributed by atoms with Crippen molar-refractivity contribution in [3.05, 3.63) is 59.5 Å². The van der Waals surface area contributed by atoms with Crippen LogP contribution in [-0.4, -0.2) is 36.3 Å². The Labute approximate surface area is 165 Å².